The molecule has 134 valence electrons. The molecule has 0 fully saturated rings. The van der Waals surface area contributed by atoms with Gasteiger partial charge in [0.05, 0.1) is 25.1 Å². The average molecular weight is 367 g/mol. The Labute approximate surface area is 157 Å². The van der Waals surface area contributed by atoms with Crippen LogP contribution in [0.1, 0.15) is 11.3 Å². The van der Waals surface area contributed by atoms with Crippen molar-refractivity contribution in [1.82, 2.24) is 9.78 Å². The average Bonchev–Trinajstić information content (AvgIpc) is 3.00. The summed E-state index contributed by atoms with van der Waals surface area (Å²) in [5, 5.41) is 7.44. The summed E-state index contributed by atoms with van der Waals surface area (Å²) in [5.41, 5.74) is 2.01. The Balaban J connectivity index is 1.60. The van der Waals surface area contributed by atoms with Crippen LogP contribution in [0.4, 0.5) is 5.82 Å². The number of carbonyl (C=O) groups excluding carboxylic acids is 1. The molecule has 0 unspecified atom stereocenters. The smallest absolute Gasteiger partial charge is 0.235 e. The number of hydrogen-bond donors (Lipinski definition) is 1. The summed E-state index contributed by atoms with van der Waals surface area (Å²) in [7, 11) is 1.64. The van der Waals surface area contributed by atoms with Crippen molar-refractivity contribution in [1.29, 1.82) is 0 Å². The van der Waals surface area contributed by atoms with E-state index in [-0.39, 0.29) is 5.91 Å². The molecular formula is C20H21N3O2S. The number of rotatable bonds is 7. The molecule has 5 nitrogen and oxygen atoms in total. The predicted octanol–water partition coefficient (Wildman–Crippen LogP) is 3.98. The third-order valence-electron chi connectivity index (χ3n) is 3.77. The second-order valence-electron chi connectivity index (χ2n) is 5.83. The van der Waals surface area contributed by atoms with E-state index in [9.17, 15) is 4.79 Å². The molecule has 3 aromatic rings. The van der Waals surface area contributed by atoms with Gasteiger partial charge in [0.25, 0.3) is 0 Å². The number of anilines is 1. The highest BCUT2D eigenvalue weighted by molar-refractivity contribution is 8.00. The molecule has 0 radical (unpaired) electrons. The van der Waals surface area contributed by atoms with Gasteiger partial charge in [0.15, 0.2) is 0 Å². The van der Waals surface area contributed by atoms with Crippen molar-refractivity contribution in [2.45, 2.75) is 18.4 Å². The second-order valence-corrected chi connectivity index (χ2v) is 6.88. The van der Waals surface area contributed by atoms with Gasteiger partial charge in [-0.25, -0.2) is 4.68 Å². The summed E-state index contributed by atoms with van der Waals surface area (Å²) in [6.45, 7) is 2.54. The minimum absolute atomic E-state index is 0.0555. The summed E-state index contributed by atoms with van der Waals surface area (Å²) in [5.74, 6) is 1.80. The SMILES string of the molecule is COc1ccc(SCC(=O)Nc2cc(C)nn2Cc2ccccc2)cc1. The minimum atomic E-state index is -0.0555. The van der Waals surface area contributed by atoms with E-state index >= 15 is 0 Å². The van der Waals surface area contributed by atoms with Crippen LogP contribution in [0.25, 0.3) is 0 Å². The lowest BCUT2D eigenvalue weighted by Crippen LogP contribution is -2.17. The molecule has 6 heteroatoms. The van der Waals surface area contributed by atoms with Crippen LogP contribution in [-0.2, 0) is 11.3 Å². The molecule has 0 aliphatic heterocycles. The van der Waals surface area contributed by atoms with Crippen molar-refractivity contribution in [3.8, 4) is 5.75 Å². The molecule has 1 N–H and O–H groups in total. The van der Waals surface area contributed by atoms with Gasteiger partial charge >= 0.3 is 0 Å². The number of ether oxygens (including phenoxy) is 1. The van der Waals surface area contributed by atoms with E-state index < -0.39 is 0 Å². The van der Waals surface area contributed by atoms with Crippen LogP contribution in [0.3, 0.4) is 0 Å². The van der Waals surface area contributed by atoms with Crippen LogP contribution in [0, 0.1) is 6.92 Å². The van der Waals surface area contributed by atoms with Crippen molar-refractivity contribution in [3.05, 3.63) is 71.9 Å². The molecule has 0 saturated carbocycles. The van der Waals surface area contributed by atoms with E-state index in [0.717, 1.165) is 21.9 Å². The molecule has 0 bridgehead atoms. The highest BCUT2D eigenvalue weighted by Crippen LogP contribution is 2.21. The molecule has 2 aromatic carbocycles. The molecule has 0 aliphatic rings. The van der Waals surface area contributed by atoms with Crippen LogP contribution < -0.4 is 10.1 Å². The molecule has 0 spiro atoms. The van der Waals surface area contributed by atoms with E-state index in [0.29, 0.717) is 18.1 Å². The number of nitrogens with one attached hydrogen (secondary N) is 1. The van der Waals surface area contributed by atoms with Crippen LogP contribution in [0.15, 0.2) is 65.6 Å². The van der Waals surface area contributed by atoms with Crippen LogP contribution in [0.2, 0.25) is 0 Å². The fourth-order valence-corrected chi connectivity index (χ4v) is 3.22. The van der Waals surface area contributed by atoms with Gasteiger partial charge in [-0.15, -0.1) is 11.8 Å². The van der Waals surface area contributed by atoms with Gasteiger partial charge < -0.3 is 10.1 Å². The number of aryl methyl sites for hydroxylation is 1. The molecule has 0 saturated heterocycles. The van der Waals surface area contributed by atoms with E-state index in [2.05, 4.69) is 10.4 Å². The molecule has 1 aromatic heterocycles. The first-order valence-corrected chi connectivity index (χ1v) is 9.27. The zero-order valence-corrected chi connectivity index (χ0v) is 15.6. The van der Waals surface area contributed by atoms with Crippen molar-refractivity contribution >= 4 is 23.5 Å². The van der Waals surface area contributed by atoms with Gasteiger partial charge in [0.2, 0.25) is 5.91 Å². The monoisotopic (exact) mass is 367 g/mol. The van der Waals surface area contributed by atoms with Crippen LogP contribution >= 0.6 is 11.8 Å². The predicted molar refractivity (Wildman–Crippen MR) is 105 cm³/mol. The Morgan fingerprint density at radius 3 is 2.58 bits per heavy atom. The minimum Gasteiger partial charge on any atom is -0.497 e. The zero-order chi connectivity index (χ0) is 18.4. The summed E-state index contributed by atoms with van der Waals surface area (Å²) in [6, 6.07) is 19.6. The molecule has 0 atom stereocenters. The summed E-state index contributed by atoms with van der Waals surface area (Å²) >= 11 is 1.49. The standard InChI is InChI=1S/C20H21N3O2S/c1-15-12-19(23(22-15)13-16-6-4-3-5-7-16)21-20(24)14-26-18-10-8-17(25-2)9-11-18/h3-12H,13-14H2,1-2H3,(H,21,24). The summed E-state index contributed by atoms with van der Waals surface area (Å²) in [6.07, 6.45) is 0. The maximum absolute atomic E-state index is 12.3. The normalized spacial score (nSPS) is 10.5. The van der Waals surface area contributed by atoms with Gasteiger partial charge in [0, 0.05) is 11.0 Å². The Hall–Kier alpha value is -2.73. The van der Waals surface area contributed by atoms with E-state index in [4.69, 9.17) is 4.74 Å². The maximum atomic E-state index is 12.3. The Kier molecular flexibility index (Phi) is 5.96. The van der Waals surface area contributed by atoms with Gasteiger partial charge in [-0.3, -0.25) is 4.79 Å². The van der Waals surface area contributed by atoms with Crippen molar-refractivity contribution < 1.29 is 9.53 Å². The molecule has 1 heterocycles. The Morgan fingerprint density at radius 2 is 1.88 bits per heavy atom. The third kappa shape index (κ3) is 4.89. The zero-order valence-electron chi connectivity index (χ0n) is 14.8. The number of nitrogens with zero attached hydrogens (tertiary/aromatic N) is 2. The highest BCUT2D eigenvalue weighted by atomic mass is 32.2. The van der Waals surface area contributed by atoms with Gasteiger partial charge in [-0.05, 0) is 36.8 Å². The summed E-state index contributed by atoms with van der Waals surface area (Å²) in [4.78, 5) is 13.3. The number of hydrogen-bond acceptors (Lipinski definition) is 4. The van der Waals surface area contributed by atoms with Crippen LogP contribution in [0.5, 0.6) is 5.75 Å². The number of amides is 1. The second kappa shape index (κ2) is 8.58. The molecule has 0 aliphatic carbocycles. The topological polar surface area (TPSA) is 56.1 Å². The lowest BCUT2D eigenvalue weighted by molar-refractivity contribution is -0.113. The van der Waals surface area contributed by atoms with Gasteiger partial charge in [-0.1, -0.05) is 30.3 Å². The fraction of sp³-hybridized carbons (Fsp3) is 0.200. The first-order valence-electron chi connectivity index (χ1n) is 8.29. The number of thioether (sulfide) groups is 1. The lowest BCUT2D eigenvalue weighted by Gasteiger charge is -2.09. The molecule has 26 heavy (non-hydrogen) atoms. The number of benzene rings is 2. The quantitative estimate of drug-likeness (QED) is 0.642. The Morgan fingerprint density at radius 1 is 1.15 bits per heavy atom. The Bertz CT molecular complexity index is 861. The van der Waals surface area contributed by atoms with E-state index in [1.165, 1.54) is 11.8 Å². The largest absolute Gasteiger partial charge is 0.497 e. The molecule has 1 amide bonds. The van der Waals surface area contributed by atoms with Crippen LogP contribution in [-0.4, -0.2) is 28.6 Å². The molecular weight excluding hydrogens is 346 g/mol. The van der Waals surface area contributed by atoms with Crippen molar-refractivity contribution in [2.75, 3.05) is 18.2 Å². The van der Waals surface area contributed by atoms with E-state index in [1.807, 2.05) is 72.3 Å². The van der Waals surface area contributed by atoms with Gasteiger partial charge in [-0.2, -0.15) is 5.10 Å². The van der Waals surface area contributed by atoms with Crippen molar-refractivity contribution in [3.63, 3.8) is 0 Å². The first-order chi connectivity index (χ1) is 12.6. The number of carbonyl (C=O) groups is 1. The lowest BCUT2D eigenvalue weighted by atomic mass is 10.2. The van der Waals surface area contributed by atoms with Crippen molar-refractivity contribution in [2.24, 2.45) is 0 Å². The maximum Gasteiger partial charge on any atom is 0.235 e. The number of methoxy groups -OCH3 is 1. The van der Waals surface area contributed by atoms with Gasteiger partial charge in [0.1, 0.15) is 11.6 Å². The fourth-order valence-electron chi connectivity index (χ4n) is 2.52. The summed E-state index contributed by atoms with van der Waals surface area (Å²) < 4.78 is 6.96. The first kappa shape index (κ1) is 18.1. The van der Waals surface area contributed by atoms with E-state index in [1.54, 1.807) is 7.11 Å². The number of aromatic nitrogens is 2. The third-order valence-corrected chi connectivity index (χ3v) is 4.79. The highest BCUT2D eigenvalue weighted by Gasteiger charge is 2.10. The molecule has 3 rings (SSSR count).